The minimum Gasteiger partial charge on any atom is -0.366 e. The van der Waals surface area contributed by atoms with E-state index in [9.17, 15) is 5.26 Å². The molecule has 2 aromatic rings. The standard InChI is InChI=1S/C23H29N5/c24-13-18-7-4-8-19-21(18)27-23(25-14-15-5-2-1-3-6-15)28-22(19)26-20(16-9-10-16)17-11-12-17/h4,7-8,15-17,20H,1-3,5-6,9-12,14H2,(H2,25,26,27,28). The summed E-state index contributed by atoms with van der Waals surface area (Å²) >= 11 is 0. The molecule has 0 spiro atoms. The van der Waals surface area contributed by atoms with E-state index in [2.05, 4.69) is 16.7 Å². The maximum Gasteiger partial charge on any atom is 0.225 e. The van der Waals surface area contributed by atoms with Crippen LogP contribution in [-0.2, 0) is 0 Å². The number of anilines is 2. The van der Waals surface area contributed by atoms with Crippen LogP contribution in [0.5, 0.6) is 0 Å². The van der Waals surface area contributed by atoms with Crippen molar-refractivity contribution < 1.29 is 0 Å². The largest absolute Gasteiger partial charge is 0.366 e. The molecule has 3 aliphatic carbocycles. The van der Waals surface area contributed by atoms with E-state index in [1.165, 1.54) is 57.8 Å². The molecular weight excluding hydrogens is 346 g/mol. The van der Waals surface area contributed by atoms with Gasteiger partial charge in [-0.05, 0) is 68.4 Å². The van der Waals surface area contributed by atoms with Gasteiger partial charge in [0.2, 0.25) is 5.95 Å². The molecule has 0 saturated heterocycles. The van der Waals surface area contributed by atoms with Gasteiger partial charge >= 0.3 is 0 Å². The lowest BCUT2D eigenvalue weighted by molar-refractivity contribution is 0.373. The maximum atomic E-state index is 9.58. The fraction of sp³-hybridized carbons (Fsp3) is 0.609. The molecule has 1 heterocycles. The van der Waals surface area contributed by atoms with E-state index in [0.717, 1.165) is 35.1 Å². The van der Waals surface area contributed by atoms with E-state index in [1.807, 2.05) is 18.2 Å². The Morgan fingerprint density at radius 1 is 1.00 bits per heavy atom. The number of hydrogen-bond acceptors (Lipinski definition) is 5. The highest BCUT2D eigenvalue weighted by molar-refractivity contribution is 5.93. The van der Waals surface area contributed by atoms with Crippen LogP contribution in [0.4, 0.5) is 11.8 Å². The van der Waals surface area contributed by atoms with E-state index >= 15 is 0 Å². The Bertz CT molecular complexity index is 876. The number of benzene rings is 1. The van der Waals surface area contributed by atoms with Crippen molar-refractivity contribution in [3.05, 3.63) is 23.8 Å². The number of aromatic nitrogens is 2. The minimum absolute atomic E-state index is 0.523. The molecule has 3 fully saturated rings. The highest BCUT2D eigenvalue weighted by Crippen LogP contribution is 2.46. The van der Waals surface area contributed by atoms with Crippen LogP contribution >= 0.6 is 0 Å². The molecule has 5 rings (SSSR count). The Morgan fingerprint density at radius 2 is 1.75 bits per heavy atom. The summed E-state index contributed by atoms with van der Waals surface area (Å²) in [6.45, 7) is 0.925. The lowest BCUT2D eigenvalue weighted by atomic mass is 9.89. The van der Waals surface area contributed by atoms with Crippen molar-refractivity contribution in [2.45, 2.75) is 63.8 Å². The molecule has 0 amide bonds. The highest BCUT2D eigenvalue weighted by atomic mass is 15.2. The molecule has 0 radical (unpaired) electrons. The Labute approximate surface area is 167 Å². The average Bonchev–Trinajstić information content (AvgIpc) is 3.64. The molecule has 146 valence electrons. The first-order chi connectivity index (χ1) is 13.8. The van der Waals surface area contributed by atoms with Crippen LogP contribution in [0.2, 0.25) is 0 Å². The van der Waals surface area contributed by atoms with Gasteiger partial charge in [-0.15, -0.1) is 0 Å². The second-order valence-electron chi connectivity index (χ2n) is 8.94. The third kappa shape index (κ3) is 3.78. The summed E-state index contributed by atoms with van der Waals surface area (Å²) in [7, 11) is 0. The van der Waals surface area contributed by atoms with E-state index in [-0.39, 0.29) is 0 Å². The number of para-hydroxylation sites is 1. The van der Waals surface area contributed by atoms with Crippen molar-refractivity contribution in [2.24, 2.45) is 17.8 Å². The second kappa shape index (κ2) is 7.58. The fourth-order valence-electron chi connectivity index (χ4n) is 4.75. The monoisotopic (exact) mass is 375 g/mol. The van der Waals surface area contributed by atoms with Crippen LogP contribution in [0.3, 0.4) is 0 Å². The van der Waals surface area contributed by atoms with Gasteiger partial charge in [0.25, 0.3) is 0 Å². The van der Waals surface area contributed by atoms with Gasteiger partial charge in [0.15, 0.2) is 0 Å². The number of fused-ring (bicyclic) bond motifs is 1. The Morgan fingerprint density at radius 3 is 2.43 bits per heavy atom. The van der Waals surface area contributed by atoms with Crippen LogP contribution in [0.25, 0.3) is 10.9 Å². The van der Waals surface area contributed by atoms with Crippen molar-refractivity contribution in [1.29, 1.82) is 5.26 Å². The van der Waals surface area contributed by atoms with Crippen LogP contribution in [0, 0.1) is 29.1 Å². The summed E-state index contributed by atoms with van der Waals surface area (Å²) in [6, 6.07) is 8.66. The van der Waals surface area contributed by atoms with Gasteiger partial charge in [-0.25, -0.2) is 4.98 Å². The van der Waals surface area contributed by atoms with E-state index < -0.39 is 0 Å². The van der Waals surface area contributed by atoms with E-state index in [0.29, 0.717) is 23.5 Å². The molecule has 0 atom stereocenters. The first-order valence-corrected chi connectivity index (χ1v) is 11.0. The number of nitrogens with one attached hydrogen (secondary N) is 2. The maximum absolute atomic E-state index is 9.58. The van der Waals surface area contributed by atoms with Crippen molar-refractivity contribution in [2.75, 3.05) is 17.2 Å². The predicted molar refractivity (Wildman–Crippen MR) is 112 cm³/mol. The zero-order chi connectivity index (χ0) is 18.9. The highest BCUT2D eigenvalue weighted by Gasteiger charge is 2.41. The molecule has 1 aromatic heterocycles. The summed E-state index contributed by atoms with van der Waals surface area (Å²) < 4.78 is 0. The second-order valence-corrected chi connectivity index (χ2v) is 8.94. The number of nitriles is 1. The zero-order valence-electron chi connectivity index (χ0n) is 16.5. The fourth-order valence-corrected chi connectivity index (χ4v) is 4.75. The summed E-state index contributed by atoms with van der Waals surface area (Å²) in [4.78, 5) is 9.61. The number of rotatable bonds is 7. The summed E-state index contributed by atoms with van der Waals surface area (Å²) in [5, 5.41) is 17.8. The Kier molecular flexibility index (Phi) is 4.80. The van der Waals surface area contributed by atoms with Gasteiger partial charge in [-0.2, -0.15) is 10.2 Å². The van der Waals surface area contributed by atoms with Gasteiger partial charge < -0.3 is 10.6 Å². The lowest BCUT2D eigenvalue weighted by Gasteiger charge is -2.23. The molecule has 5 nitrogen and oxygen atoms in total. The first-order valence-electron chi connectivity index (χ1n) is 11.0. The minimum atomic E-state index is 0.523. The van der Waals surface area contributed by atoms with Crippen molar-refractivity contribution in [1.82, 2.24) is 9.97 Å². The van der Waals surface area contributed by atoms with Crippen LogP contribution in [0.1, 0.15) is 63.4 Å². The van der Waals surface area contributed by atoms with Crippen molar-refractivity contribution in [3.63, 3.8) is 0 Å². The van der Waals surface area contributed by atoms with Crippen LogP contribution in [0.15, 0.2) is 18.2 Å². The molecule has 5 heteroatoms. The molecule has 1 aromatic carbocycles. The third-order valence-electron chi connectivity index (χ3n) is 6.68. The predicted octanol–water partition coefficient (Wildman–Crippen LogP) is 5.09. The zero-order valence-corrected chi connectivity index (χ0v) is 16.5. The summed E-state index contributed by atoms with van der Waals surface area (Å²) in [5.74, 6) is 3.85. The molecule has 3 saturated carbocycles. The number of nitrogens with zero attached hydrogens (tertiary/aromatic N) is 3. The van der Waals surface area contributed by atoms with Gasteiger partial charge in [0.1, 0.15) is 11.9 Å². The lowest BCUT2D eigenvalue weighted by Crippen LogP contribution is -2.25. The molecule has 2 N–H and O–H groups in total. The molecule has 0 aliphatic heterocycles. The van der Waals surface area contributed by atoms with Gasteiger partial charge in [-0.1, -0.05) is 25.3 Å². The normalized spacial score (nSPS) is 20.3. The molecule has 28 heavy (non-hydrogen) atoms. The first kappa shape index (κ1) is 17.7. The van der Waals surface area contributed by atoms with Gasteiger partial charge in [0.05, 0.1) is 11.1 Å². The van der Waals surface area contributed by atoms with Gasteiger partial charge in [0, 0.05) is 18.0 Å². The smallest absolute Gasteiger partial charge is 0.225 e. The van der Waals surface area contributed by atoms with Crippen molar-refractivity contribution in [3.8, 4) is 6.07 Å². The number of hydrogen-bond donors (Lipinski definition) is 2. The van der Waals surface area contributed by atoms with E-state index in [4.69, 9.17) is 9.97 Å². The Hall–Kier alpha value is -2.35. The molecule has 3 aliphatic rings. The van der Waals surface area contributed by atoms with E-state index in [1.54, 1.807) is 0 Å². The topological polar surface area (TPSA) is 73.6 Å². The molecule has 0 unspecified atom stereocenters. The van der Waals surface area contributed by atoms with Gasteiger partial charge in [-0.3, -0.25) is 0 Å². The molecule has 0 bridgehead atoms. The summed E-state index contributed by atoms with van der Waals surface area (Å²) in [5.41, 5.74) is 1.39. The van der Waals surface area contributed by atoms with Crippen molar-refractivity contribution >= 4 is 22.7 Å². The summed E-state index contributed by atoms with van der Waals surface area (Å²) in [6.07, 6.45) is 11.9. The SMILES string of the molecule is N#Cc1cccc2c(NC(C3CC3)C3CC3)nc(NCC3CCCCC3)nc12. The third-order valence-corrected chi connectivity index (χ3v) is 6.68. The Balaban J connectivity index is 1.45. The average molecular weight is 376 g/mol. The molecular formula is C23H29N5. The quantitative estimate of drug-likeness (QED) is 0.705. The van der Waals surface area contributed by atoms with Crippen LogP contribution in [-0.4, -0.2) is 22.6 Å². The van der Waals surface area contributed by atoms with Crippen LogP contribution < -0.4 is 10.6 Å².